The Morgan fingerprint density at radius 1 is 1.25 bits per heavy atom. The van der Waals surface area contributed by atoms with Crippen LogP contribution < -0.4 is 5.32 Å². The van der Waals surface area contributed by atoms with E-state index >= 15 is 0 Å². The summed E-state index contributed by atoms with van der Waals surface area (Å²) in [5.74, 6) is -0.429. The molecule has 1 amide bonds. The molecular weight excluding hydrogens is 444 g/mol. The second-order valence-electron chi connectivity index (χ2n) is 7.89. The van der Waals surface area contributed by atoms with Crippen LogP contribution in [0.4, 0.5) is 5.69 Å². The molecule has 0 saturated carbocycles. The van der Waals surface area contributed by atoms with E-state index in [1.165, 1.54) is 7.11 Å². The van der Waals surface area contributed by atoms with Gasteiger partial charge in [-0.1, -0.05) is 30.4 Å². The van der Waals surface area contributed by atoms with Crippen molar-refractivity contribution < 1.29 is 14.3 Å². The predicted octanol–water partition coefficient (Wildman–Crippen LogP) is 3.19. The van der Waals surface area contributed by atoms with Gasteiger partial charge in [0.25, 0.3) is 0 Å². The van der Waals surface area contributed by atoms with E-state index in [-0.39, 0.29) is 11.8 Å². The molecule has 2 aliphatic heterocycles. The fourth-order valence-electron chi connectivity index (χ4n) is 4.10. The summed E-state index contributed by atoms with van der Waals surface area (Å²) in [6.07, 6.45) is 9.22. The van der Waals surface area contributed by atoms with Gasteiger partial charge in [-0.15, -0.1) is 0 Å². The topological polar surface area (TPSA) is 74.2 Å². The molecule has 0 aromatic heterocycles. The van der Waals surface area contributed by atoms with Crippen LogP contribution in [0.3, 0.4) is 0 Å². The minimum Gasteiger partial charge on any atom is -0.465 e. The van der Waals surface area contributed by atoms with Crippen molar-refractivity contribution in [2.45, 2.75) is 12.8 Å². The monoisotopic (exact) mass is 468 g/mol. The fraction of sp³-hybridized carbons (Fsp3) is 0.348. The molecule has 1 saturated heterocycles. The summed E-state index contributed by atoms with van der Waals surface area (Å²) >= 11 is 11.0. The Balaban J connectivity index is 1.33. The van der Waals surface area contributed by atoms with E-state index in [1.807, 2.05) is 30.4 Å². The van der Waals surface area contributed by atoms with Gasteiger partial charge in [-0.3, -0.25) is 9.69 Å². The number of benzene rings is 1. The Hall–Kier alpha value is -2.91. The number of piperidine rings is 1. The molecule has 2 heterocycles. The van der Waals surface area contributed by atoms with Gasteiger partial charge in [-0.05, 0) is 61.4 Å². The fourth-order valence-corrected chi connectivity index (χ4v) is 4.66. The Labute approximate surface area is 197 Å². The number of anilines is 1. The first-order chi connectivity index (χ1) is 15.5. The Bertz CT molecular complexity index is 1040. The quantitative estimate of drug-likeness (QED) is 0.537. The van der Waals surface area contributed by atoms with Crippen LogP contribution in [-0.4, -0.2) is 64.4 Å². The summed E-state index contributed by atoms with van der Waals surface area (Å²) in [7, 11) is 1.36. The van der Waals surface area contributed by atoms with Crippen molar-refractivity contribution in [2.24, 2.45) is 16.8 Å². The smallest absolute Gasteiger partial charge is 0.339 e. The number of nitrogens with one attached hydrogen (secondary N) is 1. The van der Waals surface area contributed by atoms with Crippen LogP contribution >= 0.6 is 24.4 Å². The Kier molecular flexibility index (Phi) is 6.76. The van der Waals surface area contributed by atoms with Gasteiger partial charge < -0.3 is 15.0 Å². The third kappa shape index (κ3) is 4.63. The number of nitrogens with zero attached hydrogens (tertiary/aromatic N) is 3. The van der Waals surface area contributed by atoms with Crippen molar-refractivity contribution in [3.05, 3.63) is 54.1 Å². The number of allylic oxidation sites excluding steroid dienone is 3. The number of methoxy groups -OCH3 is 1. The lowest BCUT2D eigenvalue weighted by molar-refractivity contribution is -0.129. The van der Waals surface area contributed by atoms with Crippen LogP contribution in [0.2, 0.25) is 0 Å². The van der Waals surface area contributed by atoms with Gasteiger partial charge in [0, 0.05) is 19.6 Å². The maximum atomic E-state index is 12.9. The molecule has 1 N–H and O–H groups in total. The third-order valence-corrected chi connectivity index (χ3v) is 6.58. The third-order valence-electron chi connectivity index (χ3n) is 5.90. The standard InChI is InChI=1S/C23H24N4O3S2/c1-30-21(29)17-7-3-5-9-19(17)24-22(31)26-12-10-15(11-13-26)14-27-20(28)16-6-2-4-8-18(16)25-23(27)32/h2-9,15-16H,10-14H2,1H3,(H,24,31). The molecule has 1 unspecified atom stereocenters. The molecule has 4 rings (SSSR count). The van der Waals surface area contributed by atoms with Crippen LogP contribution in [0.1, 0.15) is 23.2 Å². The van der Waals surface area contributed by atoms with E-state index in [2.05, 4.69) is 15.2 Å². The van der Waals surface area contributed by atoms with Crippen molar-refractivity contribution in [3.63, 3.8) is 0 Å². The minimum absolute atomic E-state index is 0.000339. The van der Waals surface area contributed by atoms with Gasteiger partial charge in [0.15, 0.2) is 5.11 Å². The van der Waals surface area contributed by atoms with Crippen LogP contribution in [0.25, 0.3) is 0 Å². The molecular formula is C23H24N4O3S2. The lowest BCUT2D eigenvalue weighted by atomic mass is 9.93. The summed E-state index contributed by atoms with van der Waals surface area (Å²) in [5.41, 5.74) is 1.78. The zero-order valence-corrected chi connectivity index (χ0v) is 19.3. The number of thiocarbonyl (C=S) groups is 2. The van der Waals surface area contributed by atoms with Crippen molar-refractivity contribution in [2.75, 3.05) is 32.1 Å². The second kappa shape index (κ2) is 9.70. The number of rotatable bonds is 4. The number of para-hydroxylation sites is 1. The molecule has 1 fully saturated rings. The van der Waals surface area contributed by atoms with Gasteiger partial charge in [-0.25, -0.2) is 9.79 Å². The van der Waals surface area contributed by atoms with E-state index in [4.69, 9.17) is 29.2 Å². The van der Waals surface area contributed by atoms with Crippen molar-refractivity contribution >= 4 is 57.9 Å². The first kappa shape index (κ1) is 22.3. The lowest BCUT2D eigenvalue weighted by Crippen LogP contribution is -2.49. The maximum Gasteiger partial charge on any atom is 0.339 e. The maximum absolute atomic E-state index is 12.9. The van der Waals surface area contributed by atoms with Crippen LogP contribution in [0.5, 0.6) is 0 Å². The summed E-state index contributed by atoms with van der Waals surface area (Å²) in [4.78, 5) is 33.1. The molecule has 0 spiro atoms. The van der Waals surface area contributed by atoms with E-state index in [0.29, 0.717) is 33.9 Å². The van der Waals surface area contributed by atoms with Gasteiger partial charge in [0.05, 0.1) is 30.0 Å². The number of hydrogen-bond acceptors (Lipinski definition) is 5. The van der Waals surface area contributed by atoms with E-state index in [9.17, 15) is 9.59 Å². The minimum atomic E-state index is -0.411. The van der Waals surface area contributed by atoms with Crippen LogP contribution in [0, 0.1) is 11.8 Å². The second-order valence-corrected chi connectivity index (χ2v) is 8.64. The van der Waals surface area contributed by atoms with Crippen molar-refractivity contribution in [1.29, 1.82) is 0 Å². The number of carbonyl (C=O) groups excluding carboxylic acids is 2. The van der Waals surface area contributed by atoms with Crippen LogP contribution in [0.15, 0.2) is 53.6 Å². The first-order valence-corrected chi connectivity index (χ1v) is 11.3. The molecule has 9 heteroatoms. The first-order valence-electron chi connectivity index (χ1n) is 10.5. The highest BCUT2D eigenvalue weighted by Crippen LogP contribution is 2.25. The van der Waals surface area contributed by atoms with E-state index in [0.717, 1.165) is 31.6 Å². The summed E-state index contributed by atoms with van der Waals surface area (Å²) in [6.45, 7) is 2.08. The van der Waals surface area contributed by atoms with Gasteiger partial charge in [-0.2, -0.15) is 0 Å². The highest BCUT2D eigenvalue weighted by atomic mass is 32.1. The normalized spacial score (nSPS) is 20.7. The Morgan fingerprint density at radius 2 is 2.00 bits per heavy atom. The molecule has 7 nitrogen and oxygen atoms in total. The SMILES string of the molecule is COC(=O)c1ccccc1NC(=S)N1CCC(CN2C(=O)C3C=CC=CC3=NC2=S)CC1. The highest BCUT2D eigenvalue weighted by molar-refractivity contribution is 7.80. The average molecular weight is 469 g/mol. The number of amides is 1. The molecule has 0 bridgehead atoms. The lowest BCUT2D eigenvalue weighted by Gasteiger charge is -2.37. The molecule has 32 heavy (non-hydrogen) atoms. The number of hydrogen-bond donors (Lipinski definition) is 1. The molecule has 1 aromatic rings. The number of aliphatic imine (C=N–C) groups is 1. The Morgan fingerprint density at radius 3 is 2.75 bits per heavy atom. The van der Waals surface area contributed by atoms with E-state index < -0.39 is 5.97 Å². The number of carbonyl (C=O) groups is 2. The van der Waals surface area contributed by atoms with Gasteiger partial charge in [0.2, 0.25) is 11.0 Å². The molecule has 1 atom stereocenters. The van der Waals surface area contributed by atoms with Crippen molar-refractivity contribution in [3.8, 4) is 0 Å². The van der Waals surface area contributed by atoms with Gasteiger partial charge >= 0.3 is 5.97 Å². The van der Waals surface area contributed by atoms with Crippen LogP contribution in [-0.2, 0) is 9.53 Å². The summed E-state index contributed by atoms with van der Waals surface area (Å²) < 4.78 is 4.85. The van der Waals surface area contributed by atoms with E-state index in [1.54, 1.807) is 23.1 Å². The molecule has 0 radical (unpaired) electrons. The zero-order chi connectivity index (χ0) is 22.7. The molecule has 1 aromatic carbocycles. The molecule has 3 aliphatic rings. The van der Waals surface area contributed by atoms with Gasteiger partial charge in [0.1, 0.15) is 0 Å². The average Bonchev–Trinajstić information content (AvgIpc) is 2.82. The number of ether oxygens (including phenoxy) is 1. The number of fused-ring (bicyclic) bond motifs is 1. The molecule has 166 valence electrons. The number of esters is 1. The van der Waals surface area contributed by atoms with Crippen molar-refractivity contribution in [1.82, 2.24) is 9.80 Å². The summed E-state index contributed by atoms with van der Waals surface area (Å²) in [5, 5.41) is 4.09. The number of likely N-dealkylation sites (tertiary alicyclic amines) is 1. The molecule has 1 aliphatic carbocycles. The highest BCUT2D eigenvalue weighted by Gasteiger charge is 2.35. The predicted molar refractivity (Wildman–Crippen MR) is 132 cm³/mol. The largest absolute Gasteiger partial charge is 0.465 e. The zero-order valence-electron chi connectivity index (χ0n) is 17.7. The summed E-state index contributed by atoms with van der Waals surface area (Å²) in [6, 6.07) is 7.13.